The van der Waals surface area contributed by atoms with Gasteiger partial charge in [0.15, 0.2) is 0 Å². The molecule has 1 N–H and O–H groups in total. The van der Waals surface area contributed by atoms with Gasteiger partial charge in [0, 0.05) is 31.9 Å². The molecule has 0 amide bonds. The van der Waals surface area contributed by atoms with Gasteiger partial charge in [-0.25, -0.2) is 0 Å². The van der Waals surface area contributed by atoms with Crippen LogP contribution in [-0.4, -0.2) is 33.4 Å². The molecule has 3 heteroatoms. The van der Waals surface area contributed by atoms with Crippen LogP contribution in [0.3, 0.4) is 0 Å². The molecule has 0 atom stereocenters. The van der Waals surface area contributed by atoms with Crippen LogP contribution in [0.25, 0.3) is 0 Å². The minimum absolute atomic E-state index is 0.573. The maximum atomic E-state index is 5.30. The van der Waals surface area contributed by atoms with Gasteiger partial charge in [0.2, 0.25) is 0 Å². The monoisotopic (exact) mass is 278 g/mol. The highest BCUT2D eigenvalue weighted by atomic mass is 16.5. The summed E-state index contributed by atoms with van der Waals surface area (Å²) in [5.74, 6) is 0. The van der Waals surface area contributed by atoms with Gasteiger partial charge >= 0.3 is 0 Å². The zero-order valence-corrected chi connectivity index (χ0v) is 13.7. The van der Waals surface area contributed by atoms with Crippen LogP contribution >= 0.6 is 0 Å². The zero-order chi connectivity index (χ0) is 15.0. The topological polar surface area (TPSA) is 24.5 Å². The van der Waals surface area contributed by atoms with E-state index in [-0.39, 0.29) is 0 Å². The van der Waals surface area contributed by atoms with E-state index in [0.29, 0.717) is 6.04 Å². The molecule has 0 saturated carbocycles. The molecule has 1 aromatic rings. The molecule has 0 spiro atoms. The van der Waals surface area contributed by atoms with E-state index in [0.717, 1.165) is 32.5 Å². The summed E-state index contributed by atoms with van der Waals surface area (Å²) >= 11 is 0. The quantitative estimate of drug-likeness (QED) is 0.749. The van der Waals surface area contributed by atoms with Gasteiger partial charge in [-0.05, 0) is 38.4 Å². The van der Waals surface area contributed by atoms with Crippen molar-refractivity contribution in [1.29, 1.82) is 0 Å². The summed E-state index contributed by atoms with van der Waals surface area (Å²) in [4.78, 5) is 2.51. The molecule has 0 heterocycles. The SMILES string of the molecule is CCC(CC)N(CCOC)c1ccc(C)cc1CNC. The lowest BCUT2D eigenvalue weighted by Crippen LogP contribution is -2.38. The summed E-state index contributed by atoms with van der Waals surface area (Å²) in [7, 11) is 3.78. The van der Waals surface area contributed by atoms with Crippen molar-refractivity contribution in [2.75, 3.05) is 32.2 Å². The van der Waals surface area contributed by atoms with Gasteiger partial charge in [-0.2, -0.15) is 0 Å². The zero-order valence-electron chi connectivity index (χ0n) is 13.7. The number of rotatable bonds is 9. The van der Waals surface area contributed by atoms with Gasteiger partial charge in [0.1, 0.15) is 0 Å². The van der Waals surface area contributed by atoms with Crippen molar-refractivity contribution < 1.29 is 4.74 Å². The Labute approximate surface area is 124 Å². The normalized spacial score (nSPS) is 11.1. The third-order valence-electron chi connectivity index (χ3n) is 3.83. The van der Waals surface area contributed by atoms with Crippen LogP contribution < -0.4 is 10.2 Å². The highest BCUT2D eigenvalue weighted by molar-refractivity contribution is 5.56. The predicted octanol–water partition coefficient (Wildman–Crippen LogP) is 3.36. The lowest BCUT2D eigenvalue weighted by Gasteiger charge is -2.34. The Morgan fingerprint density at radius 1 is 1.25 bits per heavy atom. The highest BCUT2D eigenvalue weighted by Crippen LogP contribution is 2.26. The second kappa shape index (κ2) is 8.98. The van der Waals surface area contributed by atoms with Crippen LogP contribution in [0.5, 0.6) is 0 Å². The molecule has 0 fully saturated rings. The average molecular weight is 278 g/mol. The van der Waals surface area contributed by atoms with E-state index in [1.165, 1.54) is 16.8 Å². The first-order chi connectivity index (χ1) is 9.67. The fourth-order valence-electron chi connectivity index (χ4n) is 2.75. The number of hydrogen-bond donors (Lipinski definition) is 1. The van der Waals surface area contributed by atoms with Crippen LogP contribution in [0, 0.1) is 6.92 Å². The Kier molecular flexibility index (Phi) is 7.63. The Morgan fingerprint density at radius 3 is 2.50 bits per heavy atom. The fourth-order valence-corrected chi connectivity index (χ4v) is 2.75. The first-order valence-corrected chi connectivity index (χ1v) is 7.67. The van der Waals surface area contributed by atoms with Gasteiger partial charge < -0.3 is 15.0 Å². The summed E-state index contributed by atoms with van der Waals surface area (Å²) in [6.45, 7) is 9.30. The molecular weight excluding hydrogens is 248 g/mol. The van der Waals surface area contributed by atoms with Crippen LogP contribution in [0.1, 0.15) is 37.8 Å². The highest BCUT2D eigenvalue weighted by Gasteiger charge is 2.18. The molecule has 1 rings (SSSR count). The lowest BCUT2D eigenvalue weighted by molar-refractivity contribution is 0.202. The molecule has 0 aliphatic rings. The molecule has 0 bridgehead atoms. The van der Waals surface area contributed by atoms with E-state index < -0.39 is 0 Å². The largest absolute Gasteiger partial charge is 0.383 e. The molecule has 0 aromatic heterocycles. The van der Waals surface area contributed by atoms with Crippen LogP contribution in [0.4, 0.5) is 5.69 Å². The van der Waals surface area contributed by atoms with Crippen molar-refractivity contribution in [2.45, 2.75) is 46.2 Å². The second-order valence-corrected chi connectivity index (χ2v) is 5.32. The van der Waals surface area contributed by atoms with Crippen molar-refractivity contribution in [3.05, 3.63) is 29.3 Å². The Balaban J connectivity index is 3.10. The summed E-state index contributed by atoms with van der Waals surface area (Å²) in [6.07, 6.45) is 2.32. The summed E-state index contributed by atoms with van der Waals surface area (Å²) < 4.78 is 5.30. The van der Waals surface area contributed by atoms with E-state index in [1.54, 1.807) is 7.11 Å². The number of methoxy groups -OCH3 is 1. The third kappa shape index (κ3) is 4.50. The standard InChI is InChI=1S/C17H30N2O/c1-6-16(7-2)19(10-11-20-5)17-9-8-14(3)12-15(17)13-18-4/h8-9,12,16,18H,6-7,10-11,13H2,1-5H3. The minimum Gasteiger partial charge on any atom is -0.383 e. The van der Waals surface area contributed by atoms with Crippen molar-refractivity contribution in [3.8, 4) is 0 Å². The van der Waals surface area contributed by atoms with E-state index in [9.17, 15) is 0 Å². The van der Waals surface area contributed by atoms with Crippen molar-refractivity contribution in [3.63, 3.8) is 0 Å². The van der Waals surface area contributed by atoms with Crippen LogP contribution in [0.15, 0.2) is 18.2 Å². The van der Waals surface area contributed by atoms with Gasteiger partial charge in [0.05, 0.1) is 6.61 Å². The molecule has 3 nitrogen and oxygen atoms in total. The van der Waals surface area contributed by atoms with Crippen LogP contribution in [0.2, 0.25) is 0 Å². The van der Waals surface area contributed by atoms with Crippen molar-refractivity contribution >= 4 is 5.69 Å². The smallest absolute Gasteiger partial charge is 0.0637 e. The number of hydrogen-bond acceptors (Lipinski definition) is 3. The Morgan fingerprint density at radius 2 is 1.95 bits per heavy atom. The van der Waals surface area contributed by atoms with Gasteiger partial charge in [-0.15, -0.1) is 0 Å². The summed E-state index contributed by atoms with van der Waals surface area (Å²) in [5.41, 5.74) is 4.03. The number of anilines is 1. The molecule has 20 heavy (non-hydrogen) atoms. The van der Waals surface area contributed by atoms with E-state index in [4.69, 9.17) is 4.74 Å². The fraction of sp³-hybridized carbons (Fsp3) is 0.647. The predicted molar refractivity (Wildman–Crippen MR) is 87.5 cm³/mol. The van der Waals surface area contributed by atoms with Gasteiger partial charge in [-0.1, -0.05) is 31.5 Å². The number of nitrogens with one attached hydrogen (secondary N) is 1. The Bertz CT molecular complexity index is 389. The van der Waals surface area contributed by atoms with Gasteiger partial charge in [-0.3, -0.25) is 0 Å². The minimum atomic E-state index is 0.573. The first-order valence-electron chi connectivity index (χ1n) is 7.67. The van der Waals surface area contributed by atoms with Crippen molar-refractivity contribution in [1.82, 2.24) is 5.32 Å². The Hall–Kier alpha value is -1.06. The number of aryl methyl sites for hydroxylation is 1. The molecule has 0 unspecified atom stereocenters. The molecule has 0 radical (unpaired) electrons. The third-order valence-corrected chi connectivity index (χ3v) is 3.83. The average Bonchev–Trinajstić information content (AvgIpc) is 2.45. The molecule has 0 aliphatic heterocycles. The summed E-state index contributed by atoms with van der Waals surface area (Å²) in [6, 6.07) is 7.32. The van der Waals surface area contributed by atoms with E-state index in [1.807, 2.05) is 7.05 Å². The van der Waals surface area contributed by atoms with E-state index in [2.05, 4.69) is 49.2 Å². The van der Waals surface area contributed by atoms with Crippen LogP contribution in [-0.2, 0) is 11.3 Å². The molecule has 114 valence electrons. The summed E-state index contributed by atoms with van der Waals surface area (Å²) in [5, 5.41) is 3.28. The maximum absolute atomic E-state index is 5.30. The maximum Gasteiger partial charge on any atom is 0.0637 e. The van der Waals surface area contributed by atoms with E-state index >= 15 is 0 Å². The molecular formula is C17H30N2O. The van der Waals surface area contributed by atoms with Gasteiger partial charge in [0.25, 0.3) is 0 Å². The number of ether oxygens (including phenoxy) is 1. The molecule has 1 aromatic carbocycles. The lowest BCUT2D eigenvalue weighted by atomic mass is 10.0. The molecule has 0 saturated heterocycles. The first kappa shape index (κ1) is 17.0. The second-order valence-electron chi connectivity index (χ2n) is 5.32. The number of benzene rings is 1. The molecule has 0 aliphatic carbocycles. The number of nitrogens with zero attached hydrogens (tertiary/aromatic N) is 1. The van der Waals surface area contributed by atoms with Crippen molar-refractivity contribution in [2.24, 2.45) is 0 Å².